The van der Waals surface area contributed by atoms with Gasteiger partial charge < -0.3 is 4.57 Å². The summed E-state index contributed by atoms with van der Waals surface area (Å²) in [4.78, 5) is 32.0. The Morgan fingerprint density at radius 2 is 1.75 bits per heavy atom. The van der Waals surface area contributed by atoms with Gasteiger partial charge in [-0.2, -0.15) is 0 Å². The maximum Gasteiger partial charge on any atom is 0.329 e. The summed E-state index contributed by atoms with van der Waals surface area (Å²) in [6, 6.07) is 22.9. The highest BCUT2D eigenvalue weighted by Crippen LogP contribution is 2.27. The number of aromatic nitrogens is 4. The van der Waals surface area contributed by atoms with E-state index in [0.717, 1.165) is 11.1 Å². The molecule has 0 amide bonds. The van der Waals surface area contributed by atoms with Crippen LogP contribution in [0.4, 0.5) is 0 Å². The zero-order valence-corrected chi connectivity index (χ0v) is 18.6. The number of hydrogen-bond donors (Lipinski definition) is 1. The number of hydrogen-bond acceptors (Lipinski definition) is 4. The molecule has 7 heteroatoms. The van der Waals surface area contributed by atoms with Crippen molar-refractivity contribution in [1.82, 2.24) is 19.1 Å². The SMILES string of the molecule is Cc1cccc(Cn2c(SCc3ccc4ccccc4c3)nc3c2c(=O)[nH]c(=O)n3C)c1. The molecule has 2 heterocycles. The highest BCUT2D eigenvalue weighted by atomic mass is 32.2. The second-order valence-corrected chi connectivity index (χ2v) is 8.87. The monoisotopic (exact) mass is 442 g/mol. The van der Waals surface area contributed by atoms with Gasteiger partial charge in [-0.15, -0.1) is 0 Å². The minimum absolute atomic E-state index is 0.396. The van der Waals surface area contributed by atoms with Crippen LogP contribution in [0.1, 0.15) is 16.7 Å². The summed E-state index contributed by atoms with van der Waals surface area (Å²) in [5.41, 5.74) is 3.32. The van der Waals surface area contributed by atoms with Crippen molar-refractivity contribution in [2.75, 3.05) is 0 Å². The second kappa shape index (κ2) is 8.16. The number of thioether (sulfide) groups is 1. The number of aromatic amines is 1. The number of rotatable bonds is 5. The van der Waals surface area contributed by atoms with Gasteiger partial charge in [-0.3, -0.25) is 14.3 Å². The molecule has 0 saturated carbocycles. The number of imidazole rings is 1. The first-order chi connectivity index (χ1) is 15.5. The molecular weight excluding hydrogens is 420 g/mol. The fraction of sp³-hybridized carbons (Fsp3) is 0.160. The largest absolute Gasteiger partial charge is 0.329 e. The van der Waals surface area contributed by atoms with Crippen LogP contribution < -0.4 is 11.2 Å². The lowest BCUT2D eigenvalue weighted by Gasteiger charge is -2.10. The normalized spacial score (nSPS) is 11.4. The topological polar surface area (TPSA) is 72.7 Å². The van der Waals surface area contributed by atoms with Gasteiger partial charge in [-0.1, -0.05) is 84.1 Å². The highest BCUT2D eigenvalue weighted by molar-refractivity contribution is 7.98. The first-order valence-corrected chi connectivity index (χ1v) is 11.3. The third kappa shape index (κ3) is 3.76. The van der Waals surface area contributed by atoms with Gasteiger partial charge in [-0.05, 0) is 28.8 Å². The Kier molecular flexibility index (Phi) is 5.19. The zero-order valence-electron chi connectivity index (χ0n) is 17.8. The average molecular weight is 443 g/mol. The molecule has 5 rings (SSSR count). The van der Waals surface area contributed by atoms with E-state index < -0.39 is 11.2 Å². The fourth-order valence-corrected chi connectivity index (χ4v) is 4.88. The van der Waals surface area contributed by atoms with Crippen LogP contribution in [0.15, 0.2) is 81.5 Å². The van der Waals surface area contributed by atoms with Crippen LogP contribution in [0.2, 0.25) is 0 Å². The third-order valence-electron chi connectivity index (χ3n) is 5.58. The fourth-order valence-electron chi connectivity index (χ4n) is 3.94. The summed E-state index contributed by atoms with van der Waals surface area (Å²) >= 11 is 1.56. The van der Waals surface area contributed by atoms with Gasteiger partial charge >= 0.3 is 5.69 Å². The highest BCUT2D eigenvalue weighted by Gasteiger charge is 2.18. The molecule has 0 radical (unpaired) electrons. The molecule has 0 fully saturated rings. The van der Waals surface area contributed by atoms with Crippen LogP contribution in [0.3, 0.4) is 0 Å². The minimum Gasteiger partial charge on any atom is -0.309 e. The Morgan fingerprint density at radius 3 is 2.56 bits per heavy atom. The Morgan fingerprint density at radius 1 is 0.938 bits per heavy atom. The first kappa shape index (κ1) is 20.3. The van der Waals surface area contributed by atoms with Crippen LogP contribution >= 0.6 is 11.8 Å². The molecule has 5 aromatic rings. The molecule has 0 aliphatic carbocycles. The van der Waals surface area contributed by atoms with Crippen LogP contribution in [0.25, 0.3) is 21.9 Å². The van der Waals surface area contributed by atoms with E-state index in [2.05, 4.69) is 41.4 Å². The van der Waals surface area contributed by atoms with Crippen molar-refractivity contribution in [3.8, 4) is 0 Å². The number of nitrogens with one attached hydrogen (secondary N) is 1. The Hall–Kier alpha value is -3.58. The van der Waals surface area contributed by atoms with Crippen LogP contribution in [0.5, 0.6) is 0 Å². The van der Waals surface area contributed by atoms with Crippen LogP contribution in [0, 0.1) is 6.92 Å². The van der Waals surface area contributed by atoms with Gasteiger partial charge in [-0.25, -0.2) is 9.78 Å². The van der Waals surface area contributed by atoms with Crippen LogP contribution in [-0.4, -0.2) is 19.1 Å². The maximum absolute atomic E-state index is 12.7. The molecule has 0 unspecified atom stereocenters. The van der Waals surface area contributed by atoms with Gasteiger partial charge in [0, 0.05) is 12.8 Å². The lowest BCUT2D eigenvalue weighted by molar-refractivity contribution is 0.727. The molecule has 0 spiro atoms. The Labute approximate surface area is 188 Å². The summed E-state index contributed by atoms with van der Waals surface area (Å²) in [6.45, 7) is 2.54. The van der Waals surface area contributed by atoms with Gasteiger partial charge in [0.15, 0.2) is 16.3 Å². The number of benzene rings is 3. The first-order valence-electron chi connectivity index (χ1n) is 10.3. The predicted octanol–water partition coefficient (Wildman–Crippen LogP) is 4.23. The summed E-state index contributed by atoms with van der Waals surface area (Å²) in [5.74, 6) is 0.702. The molecule has 0 saturated heterocycles. The van der Waals surface area contributed by atoms with Crippen molar-refractivity contribution in [2.45, 2.75) is 24.4 Å². The van der Waals surface area contributed by atoms with Gasteiger partial charge in [0.2, 0.25) is 0 Å². The smallest absolute Gasteiger partial charge is 0.309 e. The van der Waals surface area contributed by atoms with Crippen LogP contribution in [-0.2, 0) is 19.3 Å². The maximum atomic E-state index is 12.7. The quantitative estimate of drug-likeness (QED) is 0.414. The van der Waals surface area contributed by atoms with Gasteiger partial charge in [0.05, 0.1) is 6.54 Å². The van der Waals surface area contributed by atoms with E-state index >= 15 is 0 Å². The van der Waals surface area contributed by atoms with E-state index in [1.807, 2.05) is 41.8 Å². The number of aryl methyl sites for hydroxylation is 2. The Bertz CT molecular complexity index is 1580. The molecule has 1 N–H and O–H groups in total. The molecular formula is C25H22N4O2S. The van der Waals surface area contributed by atoms with Crippen molar-refractivity contribution < 1.29 is 0 Å². The molecule has 0 atom stereocenters. The molecule has 0 aliphatic heterocycles. The molecule has 3 aromatic carbocycles. The molecule has 2 aromatic heterocycles. The lowest BCUT2D eigenvalue weighted by Crippen LogP contribution is -2.29. The number of nitrogens with zero attached hydrogens (tertiary/aromatic N) is 3. The molecule has 0 bridgehead atoms. The van der Waals surface area contributed by atoms with Crippen molar-refractivity contribution in [1.29, 1.82) is 0 Å². The molecule has 160 valence electrons. The van der Waals surface area contributed by atoms with Gasteiger partial charge in [0.1, 0.15) is 0 Å². The summed E-state index contributed by atoms with van der Waals surface area (Å²) in [7, 11) is 1.63. The van der Waals surface area contributed by atoms with E-state index in [0.29, 0.717) is 28.6 Å². The predicted molar refractivity (Wildman–Crippen MR) is 129 cm³/mol. The van der Waals surface area contributed by atoms with E-state index in [9.17, 15) is 9.59 Å². The van der Waals surface area contributed by atoms with E-state index in [1.165, 1.54) is 20.9 Å². The third-order valence-corrected chi connectivity index (χ3v) is 6.62. The van der Waals surface area contributed by atoms with E-state index in [-0.39, 0.29) is 0 Å². The van der Waals surface area contributed by atoms with E-state index in [4.69, 9.17) is 4.98 Å². The number of H-pyrrole nitrogens is 1. The lowest BCUT2D eigenvalue weighted by atomic mass is 10.1. The van der Waals surface area contributed by atoms with Crippen molar-refractivity contribution in [3.63, 3.8) is 0 Å². The Balaban J connectivity index is 1.57. The van der Waals surface area contributed by atoms with Crippen molar-refractivity contribution in [2.24, 2.45) is 7.05 Å². The molecule has 32 heavy (non-hydrogen) atoms. The van der Waals surface area contributed by atoms with Crippen molar-refractivity contribution in [3.05, 3.63) is 104 Å². The van der Waals surface area contributed by atoms with E-state index in [1.54, 1.807) is 18.8 Å². The van der Waals surface area contributed by atoms with Crippen molar-refractivity contribution >= 4 is 33.7 Å². The number of fused-ring (bicyclic) bond motifs is 2. The summed E-state index contributed by atoms with van der Waals surface area (Å²) < 4.78 is 3.30. The van der Waals surface area contributed by atoms with Gasteiger partial charge in [0.25, 0.3) is 5.56 Å². The average Bonchev–Trinajstić information content (AvgIpc) is 3.15. The zero-order chi connectivity index (χ0) is 22.2. The molecule has 0 aliphatic rings. The summed E-state index contributed by atoms with van der Waals surface area (Å²) in [5, 5.41) is 3.11. The molecule has 6 nitrogen and oxygen atoms in total. The standard InChI is InChI=1S/C25H22N4O2S/c1-16-6-5-7-17(12-16)14-29-21-22(28(2)24(31)27-23(21)30)26-25(29)32-15-18-10-11-19-8-3-4-9-20(19)13-18/h3-13H,14-15H2,1-2H3,(H,27,30,31). The summed E-state index contributed by atoms with van der Waals surface area (Å²) in [6.07, 6.45) is 0. The minimum atomic E-state index is -0.464. The second-order valence-electron chi connectivity index (χ2n) is 7.93.